The van der Waals surface area contributed by atoms with Crippen LogP contribution in [0.5, 0.6) is 0 Å². The Morgan fingerprint density at radius 2 is 2.26 bits per heavy atom. The van der Waals surface area contributed by atoms with E-state index in [0.717, 1.165) is 19.4 Å². The van der Waals surface area contributed by atoms with Gasteiger partial charge in [0.25, 0.3) is 5.56 Å². The predicted octanol–water partition coefficient (Wildman–Crippen LogP) is -0.830. The lowest BCUT2D eigenvalue weighted by Crippen LogP contribution is -2.47. The summed E-state index contributed by atoms with van der Waals surface area (Å²) in [5.41, 5.74) is 0.340. The molecule has 0 bridgehead atoms. The lowest BCUT2D eigenvalue weighted by molar-refractivity contribution is 0.190. The Morgan fingerprint density at radius 3 is 3.00 bits per heavy atom. The minimum atomic E-state index is -3.22. The summed E-state index contributed by atoms with van der Waals surface area (Å²) < 4.78 is 26.9. The number of aryl methyl sites for hydroxylation is 1. The summed E-state index contributed by atoms with van der Waals surface area (Å²) in [7, 11) is -1.47. The minimum absolute atomic E-state index is 0.106. The van der Waals surface area contributed by atoms with Crippen LogP contribution in [0.4, 0.5) is 0 Å². The fraction of sp³-hybridized carbons (Fsp3) is 0.615. The maximum Gasteiger partial charge on any atom is 0.262 e. The monoisotopic (exact) mass is 340 g/mol. The Kier molecular flexibility index (Phi) is 4.21. The molecule has 0 saturated carbocycles. The molecule has 2 aromatic heterocycles. The van der Waals surface area contributed by atoms with Crippen LogP contribution in [0.15, 0.2) is 11.0 Å². The quantitative estimate of drug-likeness (QED) is 0.751. The van der Waals surface area contributed by atoms with Crippen LogP contribution in [0.1, 0.15) is 18.7 Å². The lowest BCUT2D eigenvalue weighted by Gasteiger charge is -2.32. The van der Waals surface area contributed by atoms with E-state index in [4.69, 9.17) is 0 Å². The summed E-state index contributed by atoms with van der Waals surface area (Å²) in [5.74, 6) is 0.561. The van der Waals surface area contributed by atoms with Crippen LogP contribution in [0.3, 0.4) is 0 Å². The first kappa shape index (κ1) is 16.1. The summed E-state index contributed by atoms with van der Waals surface area (Å²) in [4.78, 5) is 21.4. The maximum absolute atomic E-state index is 12.0. The zero-order valence-corrected chi connectivity index (χ0v) is 13.9. The number of rotatable bonds is 4. The van der Waals surface area contributed by atoms with Crippen LogP contribution >= 0.6 is 0 Å². The van der Waals surface area contributed by atoms with Gasteiger partial charge in [-0.25, -0.2) is 18.1 Å². The van der Waals surface area contributed by atoms with Gasteiger partial charge in [-0.15, -0.1) is 0 Å². The number of fused-ring (bicyclic) bond motifs is 1. The van der Waals surface area contributed by atoms with Crippen molar-refractivity contribution in [3.8, 4) is 0 Å². The molecule has 9 nitrogen and oxygen atoms in total. The van der Waals surface area contributed by atoms with Crippen LogP contribution in [0, 0.1) is 0 Å². The van der Waals surface area contributed by atoms with Crippen molar-refractivity contribution in [2.75, 3.05) is 19.3 Å². The summed E-state index contributed by atoms with van der Waals surface area (Å²) in [6, 6.07) is -0.106. The van der Waals surface area contributed by atoms with E-state index < -0.39 is 10.0 Å². The third-order valence-corrected chi connectivity index (χ3v) is 4.67. The van der Waals surface area contributed by atoms with Gasteiger partial charge in [-0.05, 0) is 19.4 Å². The molecule has 1 atom stereocenters. The number of hydrogen-bond donors (Lipinski definition) is 2. The van der Waals surface area contributed by atoms with E-state index in [0.29, 0.717) is 29.9 Å². The van der Waals surface area contributed by atoms with Gasteiger partial charge in [0.1, 0.15) is 11.2 Å². The Hall–Kier alpha value is -1.78. The molecule has 2 aromatic rings. The molecule has 1 aliphatic rings. The highest BCUT2D eigenvalue weighted by atomic mass is 32.2. The molecule has 0 unspecified atom stereocenters. The van der Waals surface area contributed by atoms with Gasteiger partial charge in [0, 0.05) is 19.6 Å². The Balaban J connectivity index is 1.76. The molecule has 3 rings (SSSR count). The fourth-order valence-corrected chi connectivity index (χ4v) is 3.76. The molecular formula is C13H20N6O3S. The number of likely N-dealkylation sites (tertiary alicyclic amines) is 1. The average molecular weight is 340 g/mol. The molecule has 1 aliphatic heterocycles. The number of sulfonamides is 1. The van der Waals surface area contributed by atoms with E-state index in [1.807, 2.05) is 0 Å². The third kappa shape index (κ3) is 3.77. The smallest absolute Gasteiger partial charge is 0.262 e. The van der Waals surface area contributed by atoms with Crippen molar-refractivity contribution >= 4 is 21.1 Å². The van der Waals surface area contributed by atoms with Gasteiger partial charge >= 0.3 is 0 Å². The van der Waals surface area contributed by atoms with Crippen molar-refractivity contribution in [1.29, 1.82) is 0 Å². The molecule has 3 heterocycles. The number of nitrogens with zero attached hydrogens (tertiary/aromatic N) is 4. The van der Waals surface area contributed by atoms with Crippen LogP contribution in [0.25, 0.3) is 11.0 Å². The molecule has 23 heavy (non-hydrogen) atoms. The SMILES string of the molecule is Cn1ncc2c(=O)[nH]c(CN3CCC[C@H](NS(C)(=O)=O)C3)nc21. The van der Waals surface area contributed by atoms with Gasteiger partial charge in [0.15, 0.2) is 5.65 Å². The second-order valence-electron chi connectivity index (χ2n) is 5.98. The maximum atomic E-state index is 12.0. The van der Waals surface area contributed by atoms with Crippen molar-refractivity contribution in [2.45, 2.75) is 25.4 Å². The van der Waals surface area contributed by atoms with Crippen molar-refractivity contribution < 1.29 is 8.42 Å². The van der Waals surface area contributed by atoms with Crippen molar-refractivity contribution in [3.05, 3.63) is 22.4 Å². The van der Waals surface area contributed by atoms with Gasteiger partial charge in [0.05, 0.1) is 19.0 Å². The van der Waals surface area contributed by atoms with Gasteiger partial charge in [-0.2, -0.15) is 5.10 Å². The highest BCUT2D eigenvalue weighted by molar-refractivity contribution is 7.88. The predicted molar refractivity (Wildman–Crippen MR) is 85.4 cm³/mol. The van der Waals surface area contributed by atoms with Crippen LogP contribution in [-0.2, 0) is 23.6 Å². The summed E-state index contributed by atoms with van der Waals surface area (Å²) >= 11 is 0. The van der Waals surface area contributed by atoms with E-state index in [2.05, 4.69) is 24.7 Å². The van der Waals surface area contributed by atoms with Crippen molar-refractivity contribution in [2.24, 2.45) is 7.05 Å². The molecule has 0 aliphatic carbocycles. The van der Waals surface area contributed by atoms with Crippen LogP contribution in [-0.4, -0.2) is 58.5 Å². The molecular weight excluding hydrogens is 320 g/mol. The summed E-state index contributed by atoms with van der Waals surface area (Å²) in [6.45, 7) is 1.91. The topological polar surface area (TPSA) is 113 Å². The zero-order chi connectivity index (χ0) is 16.6. The van der Waals surface area contributed by atoms with E-state index in [-0.39, 0.29) is 11.6 Å². The lowest BCUT2D eigenvalue weighted by atomic mass is 10.1. The molecule has 10 heteroatoms. The number of H-pyrrole nitrogens is 1. The van der Waals surface area contributed by atoms with Gasteiger partial charge in [-0.3, -0.25) is 14.4 Å². The summed E-state index contributed by atoms with van der Waals surface area (Å²) in [6.07, 6.45) is 4.37. The first-order valence-electron chi connectivity index (χ1n) is 7.42. The molecule has 0 amide bonds. The second-order valence-corrected chi connectivity index (χ2v) is 7.76. The summed E-state index contributed by atoms with van der Waals surface area (Å²) in [5, 5.41) is 4.51. The van der Waals surface area contributed by atoms with E-state index >= 15 is 0 Å². The van der Waals surface area contributed by atoms with Crippen LogP contribution in [0.2, 0.25) is 0 Å². The van der Waals surface area contributed by atoms with Gasteiger partial charge < -0.3 is 4.98 Å². The standard InChI is InChI=1S/C13H20N6O3S/c1-18-12-10(6-14-18)13(20)16-11(15-12)8-19-5-3-4-9(7-19)17-23(2,21)22/h6,9,17H,3-5,7-8H2,1-2H3,(H,15,16,20)/t9-/m0/s1. The molecule has 1 fully saturated rings. The fourth-order valence-electron chi connectivity index (χ4n) is 2.96. The minimum Gasteiger partial charge on any atom is -0.309 e. The number of nitrogens with one attached hydrogen (secondary N) is 2. The highest BCUT2D eigenvalue weighted by Gasteiger charge is 2.23. The average Bonchev–Trinajstić information content (AvgIpc) is 2.79. The van der Waals surface area contributed by atoms with Gasteiger partial charge in [0.2, 0.25) is 10.0 Å². The van der Waals surface area contributed by atoms with E-state index in [1.165, 1.54) is 12.5 Å². The molecule has 0 aromatic carbocycles. The molecule has 0 spiro atoms. The highest BCUT2D eigenvalue weighted by Crippen LogP contribution is 2.13. The first-order chi connectivity index (χ1) is 10.8. The third-order valence-electron chi connectivity index (χ3n) is 3.91. The normalized spacial score (nSPS) is 20.2. The number of hydrogen-bond acceptors (Lipinski definition) is 6. The second kappa shape index (κ2) is 6.02. The molecule has 126 valence electrons. The van der Waals surface area contributed by atoms with E-state index in [9.17, 15) is 13.2 Å². The van der Waals surface area contributed by atoms with Crippen LogP contribution < -0.4 is 10.3 Å². The molecule has 1 saturated heterocycles. The van der Waals surface area contributed by atoms with Crippen molar-refractivity contribution in [1.82, 2.24) is 29.4 Å². The Labute approximate surface area is 133 Å². The number of piperidine rings is 1. The van der Waals surface area contributed by atoms with Gasteiger partial charge in [-0.1, -0.05) is 0 Å². The number of aromatic amines is 1. The first-order valence-corrected chi connectivity index (χ1v) is 9.31. The Morgan fingerprint density at radius 1 is 1.48 bits per heavy atom. The molecule has 0 radical (unpaired) electrons. The van der Waals surface area contributed by atoms with E-state index in [1.54, 1.807) is 11.7 Å². The number of aromatic nitrogens is 4. The Bertz CT molecular complexity index is 871. The molecule has 2 N–H and O–H groups in total. The zero-order valence-electron chi connectivity index (χ0n) is 13.1. The largest absolute Gasteiger partial charge is 0.309 e. The van der Waals surface area contributed by atoms with Crippen molar-refractivity contribution in [3.63, 3.8) is 0 Å².